The molecule has 3 rings (SSSR count). The third-order valence-corrected chi connectivity index (χ3v) is 4.33. The van der Waals surface area contributed by atoms with Crippen molar-refractivity contribution >= 4 is 16.6 Å². The molecule has 0 radical (unpaired) electrons. The Kier molecular flexibility index (Phi) is 3.41. The van der Waals surface area contributed by atoms with Gasteiger partial charge in [-0.1, -0.05) is 31.0 Å². The zero-order valence-corrected chi connectivity index (χ0v) is 11.8. The van der Waals surface area contributed by atoms with Gasteiger partial charge < -0.3 is 5.32 Å². The summed E-state index contributed by atoms with van der Waals surface area (Å²) >= 11 is 0. The highest BCUT2D eigenvalue weighted by Crippen LogP contribution is 2.31. The highest BCUT2D eigenvalue weighted by Gasteiger charge is 2.21. The monoisotopic (exact) mass is 254 g/mol. The minimum Gasteiger partial charge on any atom is -0.382 e. The molecule has 2 nitrogen and oxygen atoms in total. The van der Waals surface area contributed by atoms with Gasteiger partial charge in [0.05, 0.1) is 5.52 Å². The summed E-state index contributed by atoms with van der Waals surface area (Å²) in [6, 6.07) is 11.1. The van der Waals surface area contributed by atoms with Crippen LogP contribution in [0.5, 0.6) is 0 Å². The van der Waals surface area contributed by atoms with E-state index in [4.69, 9.17) is 0 Å². The van der Waals surface area contributed by atoms with Crippen LogP contribution in [0.3, 0.4) is 0 Å². The van der Waals surface area contributed by atoms with E-state index in [2.05, 4.69) is 54.5 Å². The third-order valence-electron chi connectivity index (χ3n) is 4.33. The number of nitrogens with zero attached hydrogens (tertiary/aromatic N) is 1. The Bertz CT molecular complexity index is 570. The number of para-hydroxylation sites is 1. The predicted molar refractivity (Wildman–Crippen MR) is 81.5 cm³/mol. The lowest BCUT2D eigenvalue weighted by atomic mass is 9.99. The largest absolute Gasteiger partial charge is 0.382 e. The number of rotatable bonds is 3. The van der Waals surface area contributed by atoms with Gasteiger partial charge in [0.1, 0.15) is 0 Å². The first-order chi connectivity index (χ1) is 9.24. The number of aromatic nitrogens is 1. The van der Waals surface area contributed by atoms with Crippen molar-refractivity contribution in [3.8, 4) is 0 Å². The van der Waals surface area contributed by atoms with Crippen LogP contribution in [-0.2, 0) is 0 Å². The summed E-state index contributed by atoms with van der Waals surface area (Å²) < 4.78 is 0. The lowest BCUT2D eigenvalue weighted by Gasteiger charge is -2.22. The Labute approximate surface area is 115 Å². The van der Waals surface area contributed by atoms with Crippen LogP contribution in [0, 0.1) is 12.8 Å². The molecular formula is C17H22N2. The van der Waals surface area contributed by atoms with E-state index < -0.39 is 0 Å². The third kappa shape index (κ3) is 2.58. The van der Waals surface area contributed by atoms with E-state index in [1.807, 2.05) is 0 Å². The summed E-state index contributed by atoms with van der Waals surface area (Å²) in [4.78, 5) is 4.60. The van der Waals surface area contributed by atoms with Crippen LogP contribution in [0.25, 0.3) is 10.9 Å². The van der Waals surface area contributed by atoms with Gasteiger partial charge in [-0.2, -0.15) is 0 Å². The Morgan fingerprint density at radius 2 is 1.95 bits per heavy atom. The number of fused-ring (bicyclic) bond motifs is 1. The number of hydrogen-bond acceptors (Lipinski definition) is 2. The van der Waals surface area contributed by atoms with Gasteiger partial charge in [-0.05, 0) is 44.7 Å². The fourth-order valence-corrected chi connectivity index (χ4v) is 3.25. The van der Waals surface area contributed by atoms with E-state index in [1.54, 1.807) is 0 Å². The molecule has 19 heavy (non-hydrogen) atoms. The number of benzene rings is 1. The summed E-state index contributed by atoms with van der Waals surface area (Å²) in [7, 11) is 0. The Hall–Kier alpha value is -1.57. The molecule has 1 aromatic carbocycles. The lowest BCUT2D eigenvalue weighted by Crippen LogP contribution is -2.24. The Morgan fingerprint density at radius 1 is 1.21 bits per heavy atom. The van der Waals surface area contributed by atoms with Crippen molar-refractivity contribution in [2.24, 2.45) is 5.92 Å². The van der Waals surface area contributed by atoms with E-state index >= 15 is 0 Å². The number of aryl methyl sites for hydroxylation is 1. The molecule has 1 aromatic heterocycles. The van der Waals surface area contributed by atoms with Crippen LogP contribution >= 0.6 is 0 Å². The second-order valence-electron chi connectivity index (χ2n) is 5.81. The zero-order chi connectivity index (χ0) is 13.2. The molecule has 1 aliphatic carbocycles. The molecule has 1 atom stereocenters. The van der Waals surface area contributed by atoms with Crippen LogP contribution in [0.15, 0.2) is 30.3 Å². The molecule has 100 valence electrons. The fraction of sp³-hybridized carbons (Fsp3) is 0.471. The molecule has 0 aliphatic heterocycles. The van der Waals surface area contributed by atoms with Crippen molar-refractivity contribution < 1.29 is 0 Å². The minimum absolute atomic E-state index is 0.549. The molecule has 0 bridgehead atoms. The first-order valence-electron chi connectivity index (χ1n) is 7.37. The molecule has 1 unspecified atom stereocenters. The van der Waals surface area contributed by atoms with Crippen molar-refractivity contribution in [3.63, 3.8) is 0 Å². The van der Waals surface area contributed by atoms with Gasteiger partial charge in [-0.3, -0.25) is 4.98 Å². The quantitative estimate of drug-likeness (QED) is 0.870. The van der Waals surface area contributed by atoms with Gasteiger partial charge in [-0.25, -0.2) is 0 Å². The molecule has 0 amide bonds. The van der Waals surface area contributed by atoms with Gasteiger partial charge in [0.2, 0.25) is 0 Å². The van der Waals surface area contributed by atoms with Crippen molar-refractivity contribution in [3.05, 3.63) is 36.0 Å². The van der Waals surface area contributed by atoms with E-state index in [-0.39, 0.29) is 0 Å². The molecule has 1 heterocycles. The fourth-order valence-electron chi connectivity index (χ4n) is 3.25. The normalized spacial score (nSPS) is 17.8. The van der Waals surface area contributed by atoms with Crippen molar-refractivity contribution in [1.82, 2.24) is 4.98 Å². The number of anilines is 1. The van der Waals surface area contributed by atoms with Crippen LogP contribution in [0.2, 0.25) is 0 Å². The molecule has 0 spiro atoms. The maximum atomic E-state index is 4.60. The lowest BCUT2D eigenvalue weighted by molar-refractivity contribution is 0.482. The van der Waals surface area contributed by atoms with E-state index in [0.717, 1.165) is 17.1 Å². The second kappa shape index (κ2) is 5.20. The average molecular weight is 254 g/mol. The standard InChI is InChI=1S/C17H22N2/c1-12-11-17(15-9-5-6-10-16(15)18-12)19-13(2)14-7-3-4-8-14/h5-6,9-11,13-14H,3-4,7-8H2,1-2H3,(H,18,19). The van der Waals surface area contributed by atoms with E-state index in [0.29, 0.717) is 6.04 Å². The molecule has 1 saturated carbocycles. The van der Waals surface area contributed by atoms with Crippen LogP contribution in [0.4, 0.5) is 5.69 Å². The van der Waals surface area contributed by atoms with Crippen molar-refractivity contribution in [2.45, 2.75) is 45.6 Å². The number of pyridine rings is 1. The van der Waals surface area contributed by atoms with Gasteiger partial charge >= 0.3 is 0 Å². The van der Waals surface area contributed by atoms with Gasteiger partial charge in [-0.15, -0.1) is 0 Å². The Balaban J connectivity index is 1.91. The topological polar surface area (TPSA) is 24.9 Å². The first kappa shape index (κ1) is 12.5. The maximum absolute atomic E-state index is 4.60. The highest BCUT2D eigenvalue weighted by atomic mass is 14.9. The summed E-state index contributed by atoms with van der Waals surface area (Å²) in [5.74, 6) is 0.826. The van der Waals surface area contributed by atoms with E-state index in [1.165, 1.54) is 36.8 Å². The minimum atomic E-state index is 0.549. The highest BCUT2D eigenvalue weighted by molar-refractivity contribution is 5.91. The molecule has 2 aromatic rings. The van der Waals surface area contributed by atoms with E-state index in [9.17, 15) is 0 Å². The van der Waals surface area contributed by atoms with Gasteiger partial charge in [0, 0.05) is 22.8 Å². The van der Waals surface area contributed by atoms with Crippen LogP contribution in [0.1, 0.15) is 38.3 Å². The van der Waals surface area contributed by atoms with Crippen molar-refractivity contribution in [2.75, 3.05) is 5.32 Å². The van der Waals surface area contributed by atoms with Gasteiger partial charge in [0.15, 0.2) is 0 Å². The summed E-state index contributed by atoms with van der Waals surface area (Å²) in [5.41, 5.74) is 3.41. The number of hydrogen-bond donors (Lipinski definition) is 1. The Morgan fingerprint density at radius 3 is 2.74 bits per heavy atom. The molecular weight excluding hydrogens is 232 g/mol. The van der Waals surface area contributed by atoms with Crippen LogP contribution < -0.4 is 5.32 Å². The number of nitrogens with one attached hydrogen (secondary N) is 1. The smallest absolute Gasteiger partial charge is 0.0725 e. The summed E-state index contributed by atoms with van der Waals surface area (Å²) in [6.45, 7) is 4.39. The molecule has 0 saturated heterocycles. The maximum Gasteiger partial charge on any atom is 0.0725 e. The summed E-state index contributed by atoms with van der Waals surface area (Å²) in [5, 5.41) is 4.96. The molecule has 2 heteroatoms. The first-order valence-corrected chi connectivity index (χ1v) is 7.37. The predicted octanol–water partition coefficient (Wildman–Crippen LogP) is 4.53. The molecule has 1 aliphatic rings. The molecule has 1 N–H and O–H groups in total. The second-order valence-corrected chi connectivity index (χ2v) is 5.81. The van der Waals surface area contributed by atoms with Gasteiger partial charge in [0.25, 0.3) is 0 Å². The van der Waals surface area contributed by atoms with Crippen molar-refractivity contribution in [1.29, 1.82) is 0 Å². The SMILES string of the molecule is Cc1cc(NC(C)C2CCCC2)c2ccccc2n1. The zero-order valence-electron chi connectivity index (χ0n) is 11.8. The molecule has 1 fully saturated rings. The van der Waals surface area contributed by atoms with Crippen LogP contribution in [-0.4, -0.2) is 11.0 Å². The summed E-state index contributed by atoms with van der Waals surface area (Å²) in [6.07, 6.45) is 5.53. The average Bonchev–Trinajstić information content (AvgIpc) is 2.92.